The lowest BCUT2D eigenvalue weighted by molar-refractivity contribution is 0.0702. The number of hydrogen-bond donors (Lipinski definition) is 2. The van der Waals surface area contributed by atoms with Gasteiger partial charge < -0.3 is 15.3 Å². The van der Waals surface area contributed by atoms with E-state index in [-0.39, 0.29) is 0 Å². The van der Waals surface area contributed by atoms with Crippen LogP contribution in [0.15, 0.2) is 6.07 Å². The number of hydrogen-bond acceptors (Lipinski definition) is 4. The number of aromatic carboxylic acids is 1. The maximum absolute atomic E-state index is 11.0. The van der Waals surface area contributed by atoms with Crippen LogP contribution in [0.25, 0.3) is 0 Å². The first-order valence-corrected chi connectivity index (χ1v) is 8.16. The third-order valence-electron chi connectivity index (χ3n) is 3.85. The Labute approximate surface area is 124 Å². The molecule has 0 spiro atoms. The number of nitrogens with zero attached hydrogens (tertiary/aromatic N) is 1. The molecule has 2 heterocycles. The molecule has 1 unspecified atom stereocenters. The molecule has 1 aliphatic rings. The number of carboxylic acids is 1. The Morgan fingerprint density at radius 3 is 2.75 bits per heavy atom. The van der Waals surface area contributed by atoms with E-state index >= 15 is 0 Å². The van der Waals surface area contributed by atoms with E-state index in [1.54, 1.807) is 6.07 Å². The molecular formula is C15H24N2O2S. The van der Waals surface area contributed by atoms with Crippen LogP contribution in [0.1, 0.15) is 46.3 Å². The zero-order chi connectivity index (χ0) is 14.5. The molecule has 0 amide bonds. The van der Waals surface area contributed by atoms with Crippen LogP contribution in [-0.2, 0) is 6.54 Å². The smallest absolute Gasteiger partial charge is 0.345 e. The molecule has 1 fully saturated rings. The van der Waals surface area contributed by atoms with Gasteiger partial charge >= 0.3 is 5.97 Å². The van der Waals surface area contributed by atoms with Gasteiger partial charge in [0.2, 0.25) is 0 Å². The van der Waals surface area contributed by atoms with Crippen molar-refractivity contribution >= 4 is 17.3 Å². The summed E-state index contributed by atoms with van der Waals surface area (Å²) in [6.07, 6.45) is 4.00. The number of rotatable bonds is 6. The van der Waals surface area contributed by atoms with Crippen molar-refractivity contribution in [2.24, 2.45) is 0 Å². The quantitative estimate of drug-likeness (QED) is 0.847. The molecule has 0 radical (unpaired) electrons. The lowest BCUT2D eigenvalue weighted by Gasteiger charge is -2.29. The summed E-state index contributed by atoms with van der Waals surface area (Å²) >= 11 is 1.36. The maximum Gasteiger partial charge on any atom is 0.345 e. The highest BCUT2D eigenvalue weighted by atomic mass is 32.1. The van der Waals surface area contributed by atoms with Gasteiger partial charge in [-0.2, -0.15) is 0 Å². The Morgan fingerprint density at radius 1 is 1.45 bits per heavy atom. The van der Waals surface area contributed by atoms with Crippen molar-refractivity contribution in [1.82, 2.24) is 10.2 Å². The minimum atomic E-state index is -0.828. The Balaban J connectivity index is 1.80. The number of likely N-dealkylation sites (tertiary alicyclic amines) is 1. The van der Waals surface area contributed by atoms with Crippen molar-refractivity contribution < 1.29 is 9.90 Å². The van der Waals surface area contributed by atoms with E-state index in [1.807, 2.05) is 6.92 Å². The van der Waals surface area contributed by atoms with E-state index in [2.05, 4.69) is 17.1 Å². The van der Waals surface area contributed by atoms with Crippen LogP contribution >= 0.6 is 11.3 Å². The molecule has 2 rings (SSSR count). The fourth-order valence-corrected chi connectivity index (χ4v) is 3.56. The first-order chi connectivity index (χ1) is 9.56. The molecule has 0 aromatic carbocycles. The van der Waals surface area contributed by atoms with Crippen LogP contribution < -0.4 is 5.32 Å². The zero-order valence-electron chi connectivity index (χ0n) is 12.3. The summed E-state index contributed by atoms with van der Waals surface area (Å²) in [7, 11) is 0. The van der Waals surface area contributed by atoms with Gasteiger partial charge in [0.25, 0.3) is 0 Å². The molecule has 4 nitrogen and oxygen atoms in total. The minimum Gasteiger partial charge on any atom is -0.477 e. The van der Waals surface area contributed by atoms with Gasteiger partial charge in [0.1, 0.15) is 4.88 Å². The summed E-state index contributed by atoms with van der Waals surface area (Å²) in [5.74, 6) is -0.828. The molecular weight excluding hydrogens is 272 g/mol. The van der Waals surface area contributed by atoms with Gasteiger partial charge in [-0.15, -0.1) is 11.3 Å². The van der Waals surface area contributed by atoms with Gasteiger partial charge in [-0.1, -0.05) is 6.42 Å². The molecule has 5 heteroatoms. The molecule has 1 aliphatic heterocycles. The fourth-order valence-electron chi connectivity index (χ4n) is 2.68. The van der Waals surface area contributed by atoms with Crippen LogP contribution in [0, 0.1) is 6.92 Å². The number of carboxylic acid groups (broad SMARTS) is 1. The van der Waals surface area contributed by atoms with Gasteiger partial charge in [0.05, 0.1) is 0 Å². The van der Waals surface area contributed by atoms with Crippen LogP contribution in [0.4, 0.5) is 0 Å². The molecule has 112 valence electrons. The monoisotopic (exact) mass is 296 g/mol. The number of nitrogens with one attached hydrogen (secondary N) is 1. The van der Waals surface area contributed by atoms with Crippen molar-refractivity contribution in [3.8, 4) is 0 Å². The molecule has 1 aromatic rings. The lowest BCUT2D eigenvalue weighted by Crippen LogP contribution is -2.41. The SMILES string of the molecule is Cc1sc(C(=O)O)cc1CNC(C)CN1CCCCC1. The van der Waals surface area contributed by atoms with Gasteiger partial charge in [-0.05, 0) is 51.4 Å². The molecule has 1 saturated heterocycles. The van der Waals surface area contributed by atoms with Crippen molar-refractivity contribution in [2.45, 2.75) is 45.7 Å². The predicted molar refractivity (Wildman–Crippen MR) is 82.6 cm³/mol. The normalized spacial score (nSPS) is 18.1. The van der Waals surface area contributed by atoms with Gasteiger partial charge in [-0.3, -0.25) is 0 Å². The van der Waals surface area contributed by atoms with E-state index in [0.717, 1.165) is 23.5 Å². The van der Waals surface area contributed by atoms with Crippen LogP contribution in [0.3, 0.4) is 0 Å². The van der Waals surface area contributed by atoms with E-state index in [9.17, 15) is 4.79 Å². The summed E-state index contributed by atoms with van der Waals surface area (Å²) < 4.78 is 0. The van der Waals surface area contributed by atoms with Gasteiger partial charge in [0.15, 0.2) is 0 Å². The lowest BCUT2D eigenvalue weighted by atomic mass is 10.1. The van der Waals surface area contributed by atoms with Crippen molar-refractivity contribution in [1.29, 1.82) is 0 Å². The third-order valence-corrected chi connectivity index (χ3v) is 4.93. The van der Waals surface area contributed by atoms with Crippen molar-refractivity contribution in [2.75, 3.05) is 19.6 Å². The Kier molecular flexibility index (Phi) is 5.57. The number of carbonyl (C=O) groups is 1. The molecule has 20 heavy (non-hydrogen) atoms. The van der Waals surface area contributed by atoms with E-state index in [0.29, 0.717) is 10.9 Å². The first-order valence-electron chi connectivity index (χ1n) is 7.34. The third kappa shape index (κ3) is 4.30. The van der Waals surface area contributed by atoms with Gasteiger partial charge in [-0.25, -0.2) is 4.79 Å². The average Bonchev–Trinajstić information content (AvgIpc) is 2.79. The molecule has 1 atom stereocenters. The largest absolute Gasteiger partial charge is 0.477 e. The molecule has 0 bridgehead atoms. The van der Waals surface area contributed by atoms with Crippen molar-refractivity contribution in [3.05, 3.63) is 21.4 Å². The predicted octanol–water partition coefficient (Wildman–Crippen LogP) is 2.72. The Hall–Kier alpha value is -0.910. The van der Waals surface area contributed by atoms with Gasteiger partial charge in [0, 0.05) is 24.0 Å². The molecule has 0 aliphatic carbocycles. The standard InChI is InChI=1S/C15H24N2O2S/c1-11(10-17-6-4-3-5-7-17)16-9-13-8-14(15(18)19)20-12(13)2/h8,11,16H,3-7,9-10H2,1-2H3,(H,18,19). The van der Waals surface area contributed by atoms with Crippen LogP contribution in [-0.4, -0.2) is 41.7 Å². The van der Waals surface area contributed by atoms with Crippen LogP contribution in [0.2, 0.25) is 0 Å². The fraction of sp³-hybridized carbons (Fsp3) is 0.667. The highest BCUT2D eigenvalue weighted by Gasteiger charge is 2.15. The highest BCUT2D eigenvalue weighted by Crippen LogP contribution is 2.21. The first kappa shape index (κ1) is 15.5. The highest BCUT2D eigenvalue weighted by molar-refractivity contribution is 7.14. The number of piperidine rings is 1. The van der Waals surface area contributed by atoms with Crippen LogP contribution in [0.5, 0.6) is 0 Å². The van der Waals surface area contributed by atoms with E-state index in [1.165, 1.54) is 43.7 Å². The molecule has 2 N–H and O–H groups in total. The minimum absolute atomic E-state index is 0.431. The topological polar surface area (TPSA) is 52.6 Å². The Morgan fingerprint density at radius 2 is 2.15 bits per heavy atom. The van der Waals surface area contributed by atoms with Crippen molar-refractivity contribution in [3.63, 3.8) is 0 Å². The summed E-state index contributed by atoms with van der Waals surface area (Å²) in [6, 6.07) is 2.23. The second kappa shape index (κ2) is 7.20. The second-order valence-corrected chi connectivity index (χ2v) is 6.90. The molecule has 0 saturated carbocycles. The Bertz CT molecular complexity index is 453. The average molecular weight is 296 g/mol. The summed E-state index contributed by atoms with van der Waals surface area (Å²) in [6.45, 7) is 8.46. The number of thiophene rings is 1. The summed E-state index contributed by atoms with van der Waals surface area (Å²) in [4.78, 5) is 15.0. The zero-order valence-corrected chi connectivity index (χ0v) is 13.1. The number of aryl methyl sites for hydroxylation is 1. The maximum atomic E-state index is 11.0. The summed E-state index contributed by atoms with van der Waals surface area (Å²) in [5.41, 5.74) is 1.11. The van der Waals surface area contributed by atoms with E-state index in [4.69, 9.17) is 5.11 Å². The summed E-state index contributed by atoms with van der Waals surface area (Å²) in [5, 5.41) is 12.5. The molecule has 1 aromatic heterocycles. The second-order valence-electron chi connectivity index (χ2n) is 5.64. The van der Waals surface area contributed by atoms with E-state index < -0.39 is 5.97 Å².